The van der Waals surface area contributed by atoms with Gasteiger partial charge in [-0.3, -0.25) is 9.89 Å². The summed E-state index contributed by atoms with van der Waals surface area (Å²) in [4.78, 5) is 7.41. The van der Waals surface area contributed by atoms with Gasteiger partial charge in [0.1, 0.15) is 0 Å². The van der Waals surface area contributed by atoms with Crippen molar-refractivity contribution in [2.75, 3.05) is 59.7 Å². The van der Waals surface area contributed by atoms with Crippen LogP contribution in [0.3, 0.4) is 0 Å². The van der Waals surface area contributed by atoms with Gasteiger partial charge in [0, 0.05) is 45.9 Å². The summed E-state index contributed by atoms with van der Waals surface area (Å²) < 4.78 is 10.6. The van der Waals surface area contributed by atoms with Crippen molar-refractivity contribution in [3.63, 3.8) is 0 Å². The summed E-state index contributed by atoms with van der Waals surface area (Å²) in [6.07, 6.45) is 4.63. The molecule has 1 fully saturated rings. The van der Waals surface area contributed by atoms with Crippen LogP contribution >= 0.6 is 24.0 Å². The molecule has 0 radical (unpaired) electrons. The third-order valence-corrected chi connectivity index (χ3v) is 4.43. The van der Waals surface area contributed by atoms with Crippen LogP contribution in [-0.2, 0) is 9.47 Å². The van der Waals surface area contributed by atoms with Gasteiger partial charge < -0.3 is 20.1 Å². The Bertz CT molecular complexity index is 350. The van der Waals surface area contributed by atoms with E-state index in [2.05, 4.69) is 36.3 Å². The number of hydrogen-bond acceptors (Lipinski definition) is 4. The minimum absolute atomic E-state index is 0. The van der Waals surface area contributed by atoms with Crippen molar-refractivity contribution in [1.29, 1.82) is 0 Å². The van der Waals surface area contributed by atoms with Gasteiger partial charge in [-0.15, -0.1) is 24.0 Å². The zero-order valence-corrected chi connectivity index (χ0v) is 19.6. The molecular formula is C19H41IN4O2. The molecule has 0 aliphatic carbocycles. The Morgan fingerprint density at radius 1 is 1.15 bits per heavy atom. The number of morpholine rings is 1. The van der Waals surface area contributed by atoms with Crippen LogP contribution in [0.4, 0.5) is 0 Å². The fourth-order valence-electron chi connectivity index (χ4n) is 3.12. The first-order chi connectivity index (χ1) is 12.2. The number of hydrogen-bond donors (Lipinski definition) is 2. The lowest BCUT2D eigenvalue weighted by Crippen LogP contribution is -2.46. The number of methoxy groups -OCH3 is 1. The molecule has 1 heterocycles. The van der Waals surface area contributed by atoms with Gasteiger partial charge in [0.05, 0.1) is 19.8 Å². The Morgan fingerprint density at radius 3 is 2.50 bits per heavy atom. The average Bonchev–Trinajstić information content (AvgIpc) is 2.61. The third kappa shape index (κ3) is 12.3. The lowest BCUT2D eigenvalue weighted by atomic mass is 10.0. The van der Waals surface area contributed by atoms with Gasteiger partial charge in [-0.1, -0.05) is 13.8 Å². The van der Waals surface area contributed by atoms with Crippen LogP contribution in [0.5, 0.6) is 0 Å². The van der Waals surface area contributed by atoms with E-state index in [1.54, 1.807) is 7.11 Å². The number of nitrogens with zero attached hydrogens (tertiary/aromatic N) is 2. The van der Waals surface area contributed by atoms with Crippen molar-refractivity contribution < 1.29 is 9.47 Å². The molecule has 1 unspecified atom stereocenters. The molecular weight excluding hydrogens is 443 g/mol. The molecule has 1 aliphatic heterocycles. The van der Waals surface area contributed by atoms with Crippen LogP contribution < -0.4 is 10.6 Å². The quantitative estimate of drug-likeness (QED) is 0.193. The first kappa shape index (κ1) is 25.9. The van der Waals surface area contributed by atoms with E-state index in [1.165, 1.54) is 12.8 Å². The molecule has 1 atom stereocenters. The number of rotatable bonds is 12. The minimum Gasteiger partial charge on any atom is -0.385 e. The van der Waals surface area contributed by atoms with Crippen molar-refractivity contribution >= 4 is 29.9 Å². The molecule has 1 rings (SSSR count). The number of unbranched alkanes of at least 4 members (excludes halogenated alkanes) is 2. The molecule has 7 heteroatoms. The second-order valence-electron chi connectivity index (χ2n) is 7.13. The van der Waals surface area contributed by atoms with E-state index in [9.17, 15) is 0 Å². The summed E-state index contributed by atoms with van der Waals surface area (Å²) in [6, 6.07) is 0.501. The SMILES string of the molecule is CCNC(=NCC(CC(C)C)N1CCOCC1)NCCCCCOC.I. The summed E-state index contributed by atoms with van der Waals surface area (Å²) >= 11 is 0. The molecule has 0 aromatic rings. The zero-order valence-electron chi connectivity index (χ0n) is 17.3. The van der Waals surface area contributed by atoms with Crippen LogP contribution in [0, 0.1) is 5.92 Å². The lowest BCUT2D eigenvalue weighted by Gasteiger charge is -2.34. The highest BCUT2D eigenvalue weighted by atomic mass is 127. The van der Waals surface area contributed by atoms with Crippen molar-refractivity contribution in [1.82, 2.24) is 15.5 Å². The van der Waals surface area contributed by atoms with Crippen LogP contribution in [-0.4, -0.2) is 76.6 Å². The third-order valence-electron chi connectivity index (χ3n) is 4.43. The van der Waals surface area contributed by atoms with E-state index in [-0.39, 0.29) is 24.0 Å². The number of aliphatic imine (C=N–C) groups is 1. The summed E-state index contributed by atoms with van der Waals surface area (Å²) in [6.45, 7) is 14.0. The van der Waals surface area contributed by atoms with Gasteiger partial charge in [0.15, 0.2) is 5.96 Å². The van der Waals surface area contributed by atoms with E-state index in [0.717, 1.165) is 71.3 Å². The molecule has 6 nitrogen and oxygen atoms in total. The van der Waals surface area contributed by atoms with Crippen LogP contribution in [0.25, 0.3) is 0 Å². The van der Waals surface area contributed by atoms with Crippen LogP contribution in [0.1, 0.15) is 46.5 Å². The Labute approximate surface area is 177 Å². The van der Waals surface area contributed by atoms with Crippen molar-refractivity contribution in [2.45, 2.75) is 52.5 Å². The Morgan fingerprint density at radius 2 is 1.88 bits per heavy atom. The van der Waals surface area contributed by atoms with Gasteiger partial charge in [0.25, 0.3) is 0 Å². The normalized spacial score (nSPS) is 17.0. The van der Waals surface area contributed by atoms with Gasteiger partial charge in [-0.05, 0) is 38.5 Å². The predicted octanol–water partition coefficient (Wildman–Crippen LogP) is 2.72. The summed E-state index contributed by atoms with van der Waals surface area (Å²) in [5.41, 5.74) is 0. The number of nitrogens with one attached hydrogen (secondary N) is 2. The molecule has 0 aromatic heterocycles. The standard InChI is InChI=1S/C19H40N4O2.HI/c1-5-20-19(21-9-7-6-8-12-24-4)22-16-18(15-17(2)3)23-10-13-25-14-11-23;/h17-18H,5-16H2,1-4H3,(H2,20,21,22);1H. The van der Waals surface area contributed by atoms with Gasteiger partial charge in [-0.25, -0.2) is 0 Å². The van der Waals surface area contributed by atoms with E-state index >= 15 is 0 Å². The van der Waals surface area contributed by atoms with E-state index in [4.69, 9.17) is 14.5 Å². The van der Waals surface area contributed by atoms with Gasteiger partial charge >= 0.3 is 0 Å². The zero-order chi connectivity index (χ0) is 18.3. The first-order valence-electron chi connectivity index (χ1n) is 10.00. The topological polar surface area (TPSA) is 58.1 Å². The van der Waals surface area contributed by atoms with Crippen molar-refractivity contribution in [3.8, 4) is 0 Å². The maximum absolute atomic E-state index is 5.50. The van der Waals surface area contributed by atoms with Gasteiger partial charge in [0.2, 0.25) is 0 Å². The molecule has 1 aliphatic rings. The number of halogens is 1. The molecule has 26 heavy (non-hydrogen) atoms. The van der Waals surface area contributed by atoms with Crippen molar-refractivity contribution in [3.05, 3.63) is 0 Å². The molecule has 1 saturated heterocycles. The van der Waals surface area contributed by atoms with E-state index in [1.807, 2.05) is 0 Å². The molecule has 156 valence electrons. The van der Waals surface area contributed by atoms with E-state index in [0.29, 0.717) is 12.0 Å². The monoisotopic (exact) mass is 484 g/mol. The smallest absolute Gasteiger partial charge is 0.191 e. The first-order valence-corrected chi connectivity index (χ1v) is 10.00. The number of ether oxygens (including phenoxy) is 2. The highest BCUT2D eigenvalue weighted by Crippen LogP contribution is 2.14. The second-order valence-corrected chi connectivity index (χ2v) is 7.13. The molecule has 0 bridgehead atoms. The lowest BCUT2D eigenvalue weighted by molar-refractivity contribution is 0.0143. The average molecular weight is 484 g/mol. The maximum Gasteiger partial charge on any atom is 0.191 e. The summed E-state index contributed by atoms with van der Waals surface area (Å²) in [7, 11) is 1.76. The van der Waals surface area contributed by atoms with E-state index < -0.39 is 0 Å². The summed E-state index contributed by atoms with van der Waals surface area (Å²) in [5.74, 6) is 1.62. The maximum atomic E-state index is 5.50. The Balaban J connectivity index is 0.00000625. The fourth-order valence-corrected chi connectivity index (χ4v) is 3.12. The Hall–Kier alpha value is -0.120. The largest absolute Gasteiger partial charge is 0.385 e. The fraction of sp³-hybridized carbons (Fsp3) is 0.947. The highest BCUT2D eigenvalue weighted by Gasteiger charge is 2.21. The molecule has 0 amide bonds. The molecule has 0 aromatic carbocycles. The second kappa shape index (κ2) is 17.0. The van der Waals surface area contributed by atoms with Crippen LogP contribution in [0.15, 0.2) is 4.99 Å². The molecule has 0 spiro atoms. The van der Waals surface area contributed by atoms with Gasteiger partial charge in [-0.2, -0.15) is 0 Å². The predicted molar refractivity (Wildman–Crippen MR) is 121 cm³/mol. The highest BCUT2D eigenvalue weighted by molar-refractivity contribution is 14.0. The van der Waals surface area contributed by atoms with Crippen LogP contribution in [0.2, 0.25) is 0 Å². The molecule has 2 N–H and O–H groups in total. The summed E-state index contributed by atoms with van der Waals surface area (Å²) in [5, 5.41) is 6.83. The minimum atomic E-state index is 0. The van der Waals surface area contributed by atoms with Crippen molar-refractivity contribution in [2.24, 2.45) is 10.9 Å². The Kier molecular flexibility index (Phi) is 16.9. The number of guanidine groups is 1. The molecule has 0 saturated carbocycles.